The highest BCUT2D eigenvalue weighted by atomic mass is 32.1. The summed E-state index contributed by atoms with van der Waals surface area (Å²) in [6.45, 7) is 3.13. The number of benzene rings is 1. The average Bonchev–Trinajstić information content (AvgIpc) is 3.45. The lowest BCUT2D eigenvalue weighted by atomic mass is 10.0. The number of aromatic nitrogens is 2. The molecule has 4 rings (SSSR count). The van der Waals surface area contributed by atoms with E-state index in [1.165, 1.54) is 23.5 Å². The van der Waals surface area contributed by atoms with E-state index in [-0.39, 0.29) is 24.2 Å². The van der Waals surface area contributed by atoms with Crippen LogP contribution < -0.4 is 5.32 Å². The highest BCUT2D eigenvalue weighted by Crippen LogP contribution is 2.23. The Kier molecular flexibility index (Phi) is 6.83. The molecular formula is C21H23FN4O3S. The predicted octanol–water partition coefficient (Wildman–Crippen LogP) is 3.06. The van der Waals surface area contributed by atoms with Gasteiger partial charge in [0.25, 0.3) is 0 Å². The minimum Gasteiger partial charge on any atom is -0.379 e. The SMILES string of the molecule is O=C(CCc1nc(-c2cccs2)no1)NCC(c1cccc(F)c1)N1CCOCC1. The van der Waals surface area contributed by atoms with Gasteiger partial charge >= 0.3 is 0 Å². The molecule has 1 amide bonds. The summed E-state index contributed by atoms with van der Waals surface area (Å²) in [5.74, 6) is 0.581. The zero-order valence-corrected chi connectivity index (χ0v) is 17.2. The van der Waals surface area contributed by atoms with E-state index in [0.717, 1.165) is 23.5 Å². The summed E-state index contributed by atoms with van der Waals surface area (Å²) in [4.78, 5) is 19.9. The summed E-state index contributed by atoms with van der Waals surface area (Å²) in [6.07, 6.45) is 0.609. The number of rotatable bonds is 8. The Labute approximate surface area is 177 Å². The molecule has 2 aromatic heterocycles. The molecule has 0 aliphatic carbocycles. The maximum atomic E-state index is 13.8. The van der Waals surface area contributed by atoms with Gasteiger partial charge in [-0.15, -0.1) is 11.3 Å². The fourth-order valence-electron chi connectivity index (χ4n) is 3.44. The van der Waals surface area contributed by atoms with Crippen LogP contribution in [0.1, 0.15) is 23.9 Å². The van der Waals surface area contributed by atoms with Gasteiger partial charge in [-0.2, -0.15) is 4.98 Å². The van der Waals surface area contributed by atoms with E-state index < -0.39 is 0 Å². The first-order chi connectivity index (χ1) is 14.7. The van der Waals surface area contributed by atoms with Gasteiger partial charge in [-0.3, -0.25) is 9.69 Å². The van der Waals surface area contributed by atoms with E-state index in [4.69, 9.17) is 9.26 Å². The summed E-state index contributed by atoms with van der Waals surface area (Å²) >= 11 is 1.53. The first-order valence-corrected chi connectivity index (χ1v) is 10.8. The van der Waals surface area contributed by atoms with Crippen LogP contribution in [0.3, 0.4) is 0 Å². The van der Waals surface area contributed by atoms with E-state index in [2.05, 4.69) is 20.4 Å². The lowest BCUT2D eigenvalue weighted by Gasteiger charge is -2.35. The van der Waals surface area contributed by atoms with Crippen LogP contribution in [0.25, 0.3) is 10.7 Å². The third-order valence-corrected chi connectivity index (χ3v) is 5.85. The second-order valence-electron chi connectivity index (χ2n) is 7.01. The first kappa shape index (κ1) is 20.6. The number of carbonyl (C=O) groups excluding carboxylic acids is 1. The quantitative estimate of drug-likeness (QED) is 0.592. The smallest absolute Gasteiger partial charge is 0.227 e. The van der Waals surface area contributed by atoms with Crippen LogP contribution in [0.5, 0.6) is 0 Å². The summed E-state index contributed by atoms with van der Waals surface area (Å²) in [7, 11) is 0. The van der Waals surface area contributed by atoms with E-state index >= 15 is 0 Å². The Morgan fingerprint density at radius 2 is 2.13 bits per heavy atom. The molecule has 158 valence electrons. The van der Waals surface area contributed by atoms with Crippen molar-refractivity contribution in [2.24, 2.45) is 0 Å². The lowest BCUT2D eigenvalue weighted by Crippen LogP contribution is -2.43. The normalized spacial score (nSPS) is 15.8. The van der Waals surface area contributed by atoms with Crippen LogP contribution in [-0.4, -0.2) is 53.8 Å². The Hall–Kier alpha value is -2.62. The predicted molar refractivity (Wildman–Crippen MR) is 110 cm³/mol. The molecular weight excluding hydrogens is 407 g/mol. The minimum absolute atomic E-state index is 0.109. The van der Waals surface area contributed by atoms with Crippen LogP contribution in [-0.2, 0) is 16.0 Å². The molecule has 3 aromatic rings. The van der Waals surface area contributed by atoms with E-state index in [1.807, 2.05) is 23.6 Å². The van der Waals surface area contributed by atoms with Gasteiger partial charge in [-0.25, -0.2) is 4.39 Å². The number of hydrogen-bond donors (Lipinski definition) is 1. The molecule has 1 saturated heterocycles. The molecule has 1 fully saturated rings. The van der Waals surface area contributed by atoms with E-state index in [9.17, 15) is 9.18 Å². The zero-order valence-electron chi connectivity index (χ0n) is 16.4. The largest absolute Gasteiger partial charge is 0.379 e. The summed E-state index contributed by atoms with van der Waals surface area (Å²) in [5.41, 5.74) is 0.842. The topological polar surface area (TPSA) is 80.5 Å². The molecule has 0 saturated carbocycles. The van der Waals surface area contributed by atoms with Crippen molar-refractivity contribution in [3.05, 3.63) is 59.0 Å². The molecule has 3 heterocycles. The summed E-state index contributed by atoms with van der Waals surface area (Å²) < 4.78 is 24.4. The molecule has 30 heavy (non-hydrogen) atoms. The van der Waals surface area contributed by atoms with Crippen LogP contribution in [0, 0.1) is 5.82 Å². The molecule has 1 aliphatic rings. The number of carbonyl (C=O) groups is 1. The fraction of sp³-hybridized carbons (Fsp3) is 0.381. The Bertz CT molecular complexity index is 957. The van der Waals surface area contributed by atoms with Gasteiger partial charge in [0.05, 0.1) is 24.1 Å². The van der Waals surface area contributed by atoms with Gasteiger partial charge in [0.2, 0.25) is 17.6 Å². The molecule has 1 unspecified atom stereocenters. The lowest BCUT2D eigenvalue weighted by molar-refractivity contribution is -0.121. The Morgan fingerprint density at radius 3 is 2.90 bits per heavy atom. The number of ether oxygens (including phenoxy) is 1. The number of hydrogen-bond acceptors (Lipinski definition) is 7. The number of nitrogens with zero attached hydrogens (tertiary/aromatic N) is 3. The first-order valence-electron chi connectivity index (χ1n) is 9.89. The molecule has 9 heteroatoms. The van der Waals surface area contributed by atoms with Crippen molar-refractivity contribution in [2.75, 3.05) is 32.8 Å². The standard InChI is InChI=1S/C21H23FN4O3S/c22-16-4-1-3-15(13-16)17(26-8-10-28-11-9-26)14-23-19(27)6-7-20-24-21(25-29-20)18-5-2-12-30-18/h1-5,12-13,17H,6-11,14H2,(H,23,27). The van der Waals surface area contributed by atoms with E-state index in [0.29, 0.717) is 37.9 Å². The number of nitrogens with one attached hydrogen (secondary N) is 1. The number of thiophene rings is 1. The number of halogens is 1. The van der Waals surface area contributed by atoms with Crippen molar-refractivity contribution in [3.63, 3.8) is 0 Å². The van der Waals surface area contributed by atoms with Gasteiger partial charge in [0.15, 0.2) is 0 Å². The molecule has 0 bridgehead atoms. The zero-order chi connectivity index (χ0) is 20.8. The third kappa shape index (κ3) is 5.29. The van der Waals surface area contributed by atoms with Crippen molar-refractivity contribution in [1.82, 2.24) is 20.4 Å². The van der Waals surface area contributed by atoms with Crippen LogP contribution in [0.15, 0.2) is 46.3 Å². The molecule has 1 aromatic carbocycles. The van der Waals surface area contributed by atoms with Crippen molar-refractivity contribution < 1.29 is 18.4 Å². The molecule has 0 radical (unpaired) electrons. The van der Waals surface area contributed by atoms with Gasteiger partial charge in [0.1, 0.15) is 5.82 Å². The molecule has 1 atom stereocenters. The van der Waals surface area contributed by atoms with Crippen LogP contribution in [0.2, 0.25) is 0 Å². The second-order valence-corrected chi connectivity index (χ2v) is 7.96. The van der Waals surface area contributed by atoms with Crippen molar-refractivity contribution in [3.8, 4) is 10.7 Å². The number of aryl methyl sites for hydroxylation is 1. The van der Waals surface area contributed by atoms with Crippen LogP contribution in [0.4, 0.5) is 4.39 Å². The maximum absolute atomic E-state index is 13.8. The number of amides is 1. The second kappa shape index (κ2) is 9.92. The minimum atomic E-state index is -0.282. The summed E-state index contributed by atoms with van der Waals surface area (Å²) in [6, 6.07) is 10.3. The highest BCUT2D eigenvalue weighted by Gasteiger charge is 2.23. The van der Waals surface area contributed by atoms with Crippen LogP contribution >= 0.6 is 11.3 Å². The van der Waals surface area contributed by atoms with Gasteiger partial charge < -0.3 is 14.6 Å². The van der Waals surface area contributed by atoms with Crippen molar-refractivity contribution >= 4 is 17.2 Å². The van der Waals surface area contributed by atoms with Gasteiger partial charge in [0, 0.05) is 32.5 Å². The fourth-order valence-corrected chi connectivity index (χ4v) is 4.09. The molecule has 0 spiro atoms. The van der Waals surface area contributed by atoms with Crippen molar-refractivity contribution in [2.45, 2.75) is 18.9 Å². The van der Waals surface area contributed by atoms with E-state index in [1.54, 1.807) is 6.07 Å². The maximum Gasteiger partial charge on any atom is 0.227 e. The molecule has 1 aliphatic heterocycles. The van der Waals surface area contributed by atoms with Gasteiger partial charge in [-0.1, -0.05) is 23.4 Å². The highest BCUT2D eigenvalue weighted by molar-refractivity contribution is 7.13. The number of morpholine rings is 1. The molecule has 1 N–H and O–H groups in total. The third-order valence-electron chi connectivity index (χ3n) is 4.99. The Balaban J connectivity index is 1.33. The molecule has 7 nitrogen and oxygen atoms in total. The summed E-state index contributed by atoms with van der Waals surface area (Å²) in [5, 5.41) is 8.88. The Morgan fingerprint density at radius 1 is 1.27 bits per heavy atom. The average molecular weight is 431 g/mol. The van der Waals surface area contributed by atoms with Crippen molar-refractivity contribution in [1.29, 1.82) is 0 Å². The van der Waals surface area contributed by atoms with Gasteiger partial charge in [-0.05, 0) is 29.1 Å². The monoisotopic (exact) mass is 430 g/mol.